The minimum Gasteiger partial charge on any atom is -0.464 e. The number of nitrogens with one attached hydrogen (secondary N) is 2. The highest BCUT2D eigenvalue weighted by Crippen LogP contribution is 2.30. The van der Waals surface area contributed by atoms with Crippen LogP contribution in [-0.2, 0) is 11.3 Å². The van der Waals surface area contributed by atoms with Crippen LogP contribution in [0.2, 0.25) is 5.02 Å². The number of carbonyl (C=O) groups excluding carboxylic acids is 2. The molecule has 2 aromatic carbocycles. The van der Waals surface area contributed by atoms with E-state index in [9.17, 15) is 9.59 Å². The molecule has 1 aliphatic rings. The van der Waals surface area contributed by atoms with Gasteiger partial charge in [-0.1, -0.05) is 79.4 Å². The van der Waals surface area contributed by atoms with Gasteiger partial charge in [-0.2, -0.15) is 0 Å². The fourth-order valence-electron chi connectivity index (χ4n) is 5.10. The minimum atomic E-state index is -0.960. The molecule has 6 nitrogen and oxygen atoms in total. The van der Waals surface area contributed by atoms with Gasteiger partial charge in [-0.05, 0) is 61.2 Å². The number of nitrogens with zero attached hydrogens (tertiary/aromatic N) is 1. The van der Waals surface area contributed by atoms with Crippen molar-refractivity contribution in [2.45, 2.75) is 57.7 Å². The average molecular weight is 530 g/mol. The molecular formula is C31H32ClN3O3. The van der Waals surface area contributed by atoms with Crippen molar-refractivity contribution in [2.24, 2.45) is 0 Å². The van der Waals surface area contributed by atoms with Crippen LogP contribution in [-0.4, -0.2) is 27.7 Å². The zero-order chi connectivity index (χ0) is 26.5. The Hall–Kier alpha value is -3.77. The normalized spacial score (nSPS) is 14.7. The second kappa shape index (κ2) is 11.7. The highest BCUT2D eigenvalue weighted by Gasteiger charge is 2.36. The number of aryl methyl sites for hydroxylation is 1. The first-order chi connectivity index (χ1) is 18.5. The number of benzene rings is 2. The molecule has 4 aromatic rings. The number of carbonyl (C=O) groups is 2. The summed E-state index contributed by atoms with van der Waals surface area (Å²) in [5, 5.41) is 3.74. The molecule has 0 aliphatic heterocycles. The molecule has 0 saturated heterocycles. The zero-order valence-electron chi connectivity index (χ0n) is 21.5. The van der Waals surface area contributed by atoms with Gasteiger partial charge in [0.15, 0.2) is 6.04 Å². The SMILES string of the molecule is Cc1ccc([C@@H](C(=O)NC2CCCCC2)N(Cc2ccccc2Cl)C(=O)c2ccc(-c3ccccc3)[nH]2)o1. The van der Waals surface area contributed by atoms with Crippen LogP contribution in [0, 0.1) is 6.92 Å². The van der Waals surface area contributed by atoms with E-state index in [-0.39, 0.29) is 24.4 Å². The Labute approximate surface area is 228 Å². The minimum absolute atomic E-state index is 0.0854. The Morgan fingerprint density at radius 1 is 0.974 bits per heavy atom. The quantitative estimate of drug-likeness (QED) is 0.256. The lowest BCUT2D eigenvalue weighted by Gasteiger charge is -2.32. The van der Waals surface area contributed by atoms with Gasteiger partial charge in [0.1, 0.15) is 17.2 Å². The third kappa shape index (κ3) is 5.86. The summed E-state index contributed by atoms with van der Waals surface area (Å²) in [6.45, 7) is 1.97. The molecule has 5 rings (SSSR count). The van der Waals surface area contributed by atoms with E-state index in [2.05, 4.69) is 10.3 Å². The average Bonchev–Trinajstić information content (AvgIpc) is 3.60. The van der Waals surface area contributed by atoms with E-state index >= 15 is 0 Å². The lowest BCUT2D eigenvalue weighted by molar-refractivity contribution is -0.127. The molecule has 0 bridgehead atoms. The summed E-state index contributed by atoms with van der Waals surface area (Å²) in [7, 11) is 0. The van der Waals surface area contributed by atoms with E-state index in [1.54, 1.807) is 23.1 Å². The molecule has 1 aliphatic carbocycles. The van der Waals surface area contributed by atoms with Gasteiger partial charge in [0.2, 0.25) is 0 Å². The van der Waals surface area contributed by atoms with Gasteiger partial charge < -0.3 is 19.6 Å². The van der Waals surface area contributed by atoms with Crippen LogP contribution >= 0.6 is 11.6 Å². The first-order valence-corrected chi connectivity index (χ1v) is 13.5. The number of H-pyrrole nitrogens is 1. The first-order valence-electron chi connectivity index (χ1n) is 13.1. The maximum Gasteiger partial charge on any atom is 0.271 e. The first kappa shape index (κ1) is 25.9. The van der Waals surface area contributed by atoms with Crippen LogP contribution in [0.5, 0.6) is 0 Å². The van der Waals surface area contributed by atoms with Crippen LogP contribution in [0.1, 0.15) is 65.7 Å². The molecule has 0 radical (unpaired) electrons. The number of furan rings is 1. The van der Waals surface area contributed by atoms with Gasteiger partial charge >= 0.3 is 0 Å². The standard InChI is InChI=1S/C31H32ClN3O3/c1-21-16-19-28(38-21)29(30(36)33-24-13-6-3-7-14-24)35(20-23-12-8-9-15-25(23)32)31(37)27-18-17-26(34-27)22-10-4-2-5-11-22/h2,4-5,8-12,15-19,24,29,34H,3,6-7,13-14,20H2,1H3,(H,33,36)/t29-/m0/s1. The van der Waals surface area contributed by atoms with Crippen molar-refractivity contribution >= 4 is 23.4 Å². The second-order valence-corrected chi connectivity index (χ2v) is 10.3. The van der Waals surface area contributed by atoms with Crippen molar-refractivity contribution < 1.29 is 14.0 Å². The van der Waals surface area contributed by atoms with Crippen molar-refractivity contribution in [2.75, 3.05) is 0 Å². The van der Waals surface area contributed by atoms with Crippen LogP contribution in [0.4, 0.5) is 0 Å². The predicted octanol–water partition coefficient (Wildman–Crippen LogP) is 7.07. The summed E-state index contributed by atoms with van der Waals surface area (Å²) in [4.78, 5) is 32.9. The van der Waals surface area contributed by atoms with Crippen molar-refractivity contribution in [1.82, 2.24) is 15.2 Å². The summed E-state index contributed by atoms with van der Waals surface area (Å²) in [5.74, 6) is 0.532. The van der Waals surface area contributed by atoms with E-state index in [0.717, 1.165) is 42.5 Å². The Morgan fingerprint density at radius 2 is 1.71 bits per heavy atom. The van der Waals surface area contributed by atoms with Gasteiger partial charge in [0.05, 0.1) is 0 Å². The van der Waals surface area contributed by atoms with Gasteiger partial charge in [-0.3, -0.25) is 9.59 Å². The van der Waals surface area contributed by atoms with Crippen molar-refractivity contribution in [3.05, 3.63) is 107 Å². The van der Waals surface area contributed by atoms with E-state index in [4.69, 9.17) is 16.0 Å². The smallest absolute Gasteiger partial charge is 0.271 e. The molecule has 1 fully saturated rings. The lowest BCUT2D eigenvalue weighted by atomic mass is 9.95. The highest BCUT2D eigenvalue weighted by molar-refractivity contribution is 6.31. The number of halogens is 1. The monoisotopic (exact) mass is 529 g/mol. The maximum atomic E-state index is 14.2. The van der Waals surface area contributed by atoms with Crippen LogP contribution in [0.3, 0.4) is 0 Å². The second-order valence-electron chi connectivity index (χ2n) is 9.87. The summed E-state index contributed by atoms with van der Waals surface area (Å²) in [5.41, 5.74) is 2.92. The number of rotatable bonds is 8. The van der Waals surface area contributed by atoms with Gasteiger partial charge in [-0.25, -0.2) is 0 Å². The number of aromatic amines is 1. The van der Waals surface area contributed by atoms with E-state index in [1.165, 1.54) is 6.42 Å². The Kier molecular flexibility index (Phi) is 7.99. The lowest BCUT2D eigenvalue weighted by Crippen LogP contribution is -2.46. The van der Waals surface area contributed by atoms with Crippen molar-refractivity contribution in [3.63, 3.8) is 0 Å². The molecule has 2 amide bonds. The summed E-state index contributed by atoms with van der Waals surface area (Å²) in [6, 6.07) is 23.5. The molecule has 7 heteroatoms. The van der Waals surface area contributed by atoms with Crippen molar-refractivity contribution in [1.29, 1.82) is 0 Å². The van der Waals surface area contributed by atoms with Crippen LogP contribution in [0.15, 0.2) is 83.3 Å². The number of hydrogen-bond donors (Lipinski definition) is 2. The summed E-state index contributed by atoms with van der Waals surface area (Å²) in [6.07, 6.45) is 5.22. The molecule has 38 heavy (non-hydrogen) atoms. The van der Waals surface area contributed by atoms with Crippen molar-refractivity contribution in [3.8, 4) is 11.3 Å². The number of aromatic nitrogens is 1. The summed E-state index contributed by atoms with van der Waals surface area (Å²) >= 11 is 6.52. The molecule has 2 heterocycles. The van der Waals surface area contributed by atoms with E-state index in [1.807, 2.05) is 67.6 Å². The fraction of sp³-hybridized carbons (Fsp3) is 0.290. The third-order valence-corrected chi connectivity index (χ3v) is 7.47. The third-order valence-electron chi connectivity index (χ3n) is 7.10. The molecule has 0 unspecified atom stereocenters. The van der Waals surface area contributed by atoms with Crippen LogP contribution < -0.4 is 5.32 Å². The number of hydrogen-bond acceptors (Lipinski definition) is 3. The molecule has 2 N–H and O–H groups in total. The molecular weight excluding hydrogens is 498 g/mol. The molecule has 0 spiro atoms. The predicted molar refractivity (Wildman–Crippen MR) is 149 cm³/mol. The highest BCUT2D eigenvalue weighted by atomic mass is 35.5. The molecule has 196 valence electrons. The molecule has 2 aromatic heterocycles. The Morgan fingerprint density at radius 3 is 2.42 bits per heavy atom. The van der Waals surface area contributed by atoms with Crippen LogP contribution in [0.25, 0.3) is 11.3 Å². The van der Waals surface area contributed by atoms with Gasteiger partial charge in [0, 0.05) is 23.3 Å². The molecule has 1 atom stereocenters. The largest absolute Gasteiger partial charge is 0.464 e. The zero-order valence-corrected chi connectivity index (χ0v) is 22.2. The molecule has 1 saturated carbocycles. The summed E-state index contributed by atoms with van der Waals surface area (Å²) < 4.78 is 5.97. The fourth-order valence-corrected chi connectivity index (χ4v) is 5.30. The van der Waals surface area contributed by atoms with E-state index < -0.39 is 6.04 Å². The van der Waals surface area contributed by atoms with Gasteiger partial charge in [0.25, 0.3) is 11.8 Å². The topological polar surface area (TPSA) is 78.3 Å². The van der Waals surface area contributed by atoms with E-state index in [0.29, 0.717) is 22.2 Å². The maximum absolute atomic E-state index is 14.2. The Bertz CT molecular complexity index is 1390. The number of amides is 2. The van der Waals surface area contributed by atoms with Gasteiger partial charge in [-0.15, -0.1) is 0 Å². The Balaban J connectivity index is 1.53.